The monoisotopic (exact) mass is 351 g/mol. The van der Waals surface area contributed by atoms with E-state index >= 15 is 0 Å². The van der Waals surface area contributed by atoms with Crippen molar-refractivity contribution in [1.29, 1.82) is 0 Å². The molecule has 0 radical (unpaired) electrons. The van der Waals surface area contributed by atoms with Crippen molar-refractivity contribution in [1.82, 2.24) is 0 Å². The number of benzene rings is 1. The van der Waals surface area contributed by atoms with Crippen LogP contribution in [0.3, 0.4) is 0 Å². The molecule has 0 fully saturated rings. The Morgan fingerprint density at radius 3 is 2.39 bits per heavy atom. The summed E-state index contributed by atoms with van der Waals surface area (Å²) in [6, 6.07) is 5.16. The maximum atomic E-state index is 13.4. The fraction of sp³-hybridized carbons (Fsp3) is 0.214. The van der Waals surface area contributed by atoms with Gasteiger partial charge in [-0.25, -0.2) is 4.79 Å². The Morgan fingerprint density at radius 2 is 1.83 bits per heavy atom. The first-order valence-electron chi connectivity index (χ1n) is 6.11. The molecule has 1 heterocycles. The number of thiophene rings is 1. The van der Waals surface area contributed by atoms with Crippen LogP contribution in [0.2, 0.25) is 0 Å². The van der Waals surface area contributed by atoms with Crippen LogP contribution in [0.15, 0.2) is 30.3 Å². The summed E-state index contributed by atoms with van der Waals surface area (Å²) in [5.74, 6) is -5.69. The largest absolute Gasteiger partial charge is 0.465 e. The molecule has 2 aromatic rings. The van der Waals surface area contributed by atoms with Gasteiger partial charge in [-0.3, -0.25) is 0 Å². The van der Waals surface area contributed by atoms with Crippen LogP contribution in [0.25, 0.3) is 10.4 Å². The predicted octanol–water partition coefficient (Wildman–Crippen LogP) is 4.44. The quantitative estimate of drug-likeness (QED) is 0.657. The zero-order valence-corrected chi connectivity index (χ0v) is 12.4. The summed E-state index contributed by atoms with van der Waals surface area (Å²) in [6.07, 6.45) is -5.70. The van der Waals surface area contributed by atoms with E-state index in [4.69, 9.17) is 5.73 Å². The predicted molar refractivity (Wildman–Crippen MR) is 75.5 cm³/mol. The Kier molecular flexibility index (Phi) is 4.34. The molecule has 0 aliphatic carbocycles. The number of nitrogens with two attached hydrogens (primary N) is 1. The summed E-state index contributed by atoms with van der Waals surface area (Å²) >= 11 is 0.846. The maximum Gasteiger partial charge on any atom is 0.458 e. The molecule has 124 valence electrons. The number of alkyl halides is 5. The molecule has 0 amide bonds. The van der Waals surface area contributed by atoms with Crippen molar-refractivity contribution in [2.24, 2.45) is 0 Å². The highest BCUT2D eigenvalue weighted by atomic mass is 32.1. The number of esters is 1. The average Bonchev–Trinajstić information content (AvgIpc) is 2.87. The summed E-state index contributed by atoms with van der Waals surface area (Å²) in [5.41, 5.74) is 4.60. The fourth-order valence-corrected chi connectivity index (χ4v) is 2.83. The van der Waals surface area contributed by atoms with Gasteiger partial charge < -0.3 is 10.5 Å². The zero-order chi connectivity index (χ0) is 17.4. The molecular formula is C14H10F5NO2S. The van der Waals surface area contributed by atoms with Gasteiger partial charge in [-0.1, -0.05) is 18.2 Å². The highest BCUT2D eigenvalue weighted by Gasteiger charge is 2.58. The lowest BCUT2D eigenvalue weighted by atomic mass is 10.0. The highest BCUT2D eigenvalue weighted by molar-refractivity contribution is 7.18. The Balaban J connectivity index is 2.47. The molecule has 2 N–H and O–H groups in total. The molecule has 9 heteroatoms. The van der Waals surface area contributed by atoms with Crippen LogP contribution in [0.1, 0.15) is 15.2 Å². The topological polar surface area (TPSA) is 52.3 Å². The molecule has 0 saturated heterocycles. The molecule has 2 rings (SSSR count). The van der Waals surface area contributed by atoms with Gasteiger partial charge in [0.05, 0.1) is 12.8 Å². The number of ether oxygens (including phenoxy) is 1. The van der Waals surface area contributed by atoms with Crippen molar-refractivity contribution in [3.8, 4) is 10.4 Å². The van der Waals surface area contributed by atoms with E-state index in [9.17, 15) is 26.7 Å². The number of anilines is 1. The maximum absolute atomic E-state index is 13.4. The minimum Gasteiger partial charge on any atom is -0.465 e. The SMILES string of the molecule is COC(=O)c1sc(-c2cccc(C(F)(F)C(F)(F)F)c2)cc1N. The molecule has 23 heavy (non-hydrogen) atoms. The molecule has 0 aliphatic heterocycles. The Labute approximate surface area is 131 Å². The van der Waals surface area contributed by atoms with E-state index in [1.165, 1.54) is 12.1 Å². The van der Waals surface area contributed by atoms with Crippen LogP contribution < -0.4 is 5.73 Å². The summed E-state index contributed by atoms with van der Waals surface area (Å²) in [6.45, 7) is 0. The van der Waals surface area contributed by atoms with Gasteiger partial charge in [0.1, 0.15) is 4.88 Å². The zero-order valence-electron chi connectivity index (χ0n) is 11.6. The second-order valence-electron chi connectivity index (χ2n) is 4.54. The van der Waals surface area contributed by atoms with Crippen LogP contribution in [0, 0.1) is 0 Å². The van der Waals surface area contributed by atoms with Crippen molar-refractivity contribution in [3.63, 3.8) is 0 Å². The molecule has 0 aliphatic rings. The van der Waals surface area contributed by atoms with Crippen molar-refractivity contribution in [3.05, 3.63) is 40.8 Å². The highest BCUT2D eigenvalue weighted by Crippen LogP contribution is 2.45. The van der Waals surface area contributed by atoms with E-state index in [0.29, 0.717) is 6.07 Å². The normalized spacial score (nSPS) is 12.3. The summed E-state index contributed by atoms with van der Waals surface area (Å²) in [5, 5.41) is 0. The Bertz CT molecular complexity index is 739. The molecule has 0 bridgehead atoms. The second kappa shape index (κ2) is 5.80. The molecule has 1 aromatic heterocycles. The first kappa shape index (κ1) is 17.2. The number of hydrogen-bond donors (Lipinski definition) is 1. The number of nitrogen functional groups attached to an aromatic ring is 1. The van der Waals surface area contributed by atoms with Gasteiger partial charge in [0.25, 0.3) is 0 Å². The number of carbonyl (C=O) groups excluding carboxylic acids is 1. The molecular weight excluding hydrogens is 341 g/mol. The smallest absolute Gasteiger partial charge is 0.458 e. The fourth-order valence-electron chi connectivity index (χ4n) is 1.83. The summed E-state index contributed by atoms with van der Waals surface area (Å²) in [7, 11) is 1.14. The van der Waals surface area contributed by atoms with Gasteiger partial charge in [0.15, 0.2) is 0 Å². The van der Waals surface area contributed by atoms with Crippen LogP contribution in [-0.2, 0) is 10.7 Å². The molecule has 0 atom stereocenters. The minimum atomic E-state index is -5.70. The van der Waals surface area contributed by atoms with Crippen LogP contribution >= 0.6 is 11.3 Å². The van der Waals surface area contributed by atoms with E-state index < -0.39 is 23.6 Å². The molecule has 0 saturated carbocycles. The standard InChI is InChI=1S/C14H10F5NO2S/c1-22-12(21)11-9(20)6-10(23-11)7-3-2-4-8(5-7)13(15,16)14(17,18)19/h2-6H,20H2,1H3. The number of hydrogen-bond acceptors (Lipinski definition) is 4. The van der Waals surface area contributed by atoms with E-state index in [0.717, 1.165) is 30.6 Å². The number of halogens is 5. The third kappa shape index (κ3) is 3.14. The van der Waals surface area contributed by atoms with Crippen LogP contribution in [-0.4, -0.2) is 19.3 Å². The number of carbonyl (C=O) groups is 1. The van der Waals surface area contributed by atoms with Gasteiger partial charge in [-0.15, -0.1) is 11.3 Å². The van der Waals surface area contributed by atoms with Crippen molar-refractivity contribution >= 4 is 23.0 Å². The summed E-state index contributed by atoms with van der Waals surface area (Å²) < 4.78 is 68.7. The van der Waals surface area contributed by atoms with E-state index in [1.54, 1.807) is 0 Å². The van der Waals surface area contributed by atoms with Gasteiger partial charge in [-0.2, -0.15) is 22.0 Å². The van der Waals surface area contributed by atoms with Crippen molar-refractivity contribution in [2.45, 2.75) is 12.1 Å². The van der Waals surface area contributed by atoms with Gasteiger partial charge in [0.2, 0.25) is 0 Å². The number of methoxy groups -OCH3 is 1. The van der Waals surface area contributed by atoms with Crippen LogP contribution in [0.5, 0.6) is 0 Å². The molecule has 3 nitrogen and oxygen atoms in total. The van der Waals surface area contributed by atoms with E-state index in [2.05, 4.69) is 4.74 Å². The Morgan fingerprint density at radius 1 is 1.17 bits per heavy atom. The first-order chi connectivity index (χ1) is 10.6. The van der Waals surface area contributed by atoms with Crippen molar-refractivity contribution in [2.75, 3.05) is 12.8 Å². The van der Waals surface area contributed by atoms with Gasteiger partial charge >= 0.3 is 18.1 Å². The lowest BCUT2D eigenvalue weighted by Gasteiger charge is -2.20. The minimum absolute atomic E-state index is 0.0514. The molecule has 0 unspecified atom stereocenters. The third-order valence-corrected chi connectivity index (χ3v) is 4.18. The lowest BCUT2D eigenvalue weighted by molar-refractivity contribution is -0.289. The number of rotatable bonds is 3. The van der Waals surface area contributed by atoms with E-state index in [1.807, 2.05) is 0 Å². The summed E-state index contributed by atoms with van der Waals surface area (Å²) in [4.78, 5) is 11.8. The van der Waals surface area contributed by atoms with Gasteiger partial charge in [0, 0.05) is 10.4 Å². The molecule has 1 aromatic carbocycles. The Hall–Kier alpha value is -2.16. The van der Waals surface area contributed by atoms with Gasteiger partial charge in [-0.05, 0) is 17.7 Å². The lowest BCUT2D eigenvalue weighted by Crippen LogP contribution is -2.33. The first-order valence-corrected chi connectivity index (χ1v) is 6.92. The third-order valence-electron chi connectivity index (χ3n) is 3.00. The van der Waals surface area contributed by atoms with E-state index in [-0.39, 0.29) is 21.0 Å². The van der Waals surface area contributed by atoms with Crippen LogP contribution in [0.4, 0.5) is 27.6 Å². The second-order valence-corrected chi connectivity index (χ2v) is 5.59. The molecule has 0 spiro atoms. The van der Waals surface area contributed by atoms with Crippen molar-refractivity contribution < 1.29 is 31.5 Å². The average molecular weight is 351 g/mol.